The third-order valence-corrected chi connectivity index (χ3v) is 8.62. The summed E-state index contributed by atoms with van der Waals surface area (Å²) in [6, 6.07) is 51.7. The van der Waals surface area contributed by atoms with Crippen LogP contribution in [0.15, 0.2) is 162 Å². The van der Waals surface area contributed by atoms with Crippen LogP contribution in [0.1, 0.15) is 0 Å². The Morgan fingerprint density at radius 2 is 0.915 bits per heavy atom. The van der Waals surface area contributed by atoms with Gasteiger partial charge in [0.2, 0.25) is 0 Å². The zero-order valence-electron chi connectivity index (χ0n) is 25.2. The van der Waals surface area contributed by atoms with Gasteiger partial charge in [0.15, 0.2) is 23.1 Å². The molecule has 9 aromatic rings. The van der Waals surface area contributed by atoms with Crippen LogP contribution in [0, 0.1) is 0 Å². The lowest BCUT2D eigenvalue weighted by molar-refractivity contribution is 0.668. The topological polar surface area (TPSA) is 64.7 Å². The van der Waals surface area contributed by atoms with E-state index >= 15 is 0 Å². The lowest BCUT2D eigenvalue weighted by Gasteiger charge is -2.13. The first-order valence-corrected chi connectivity index (χ1v) is 15.6. The van der Waals surface area contributed by atoms with E-state index in [0.29, 0.717) is 17.5 Å². The van der Waals surface area contributed by atoms with Gasteiger partial charge in [-0.3, -0.25) is 4.98 Å². The van der Waals surface area contributed by atoms with Crippen molar-refractivity contribution in [3.8, 4) is 56.4 Å². The zero-order chi connectivity index (χ0) is 31.2. The molecule has 3 heterocycles. The number of pyridine rings is 1. The number of furan rings is 1. The molecule has 0 atom stereocenters. The third-order valence-electron chi connectivity index (χ3n) is 8.62. The summed E-state index contributed by atoms with van der Waals surface area (Å²) in [5, 5.41) is 3.25. The van der Waals surface area contributed by atoms with E-state index in [1.54, 1.807) is 0 Å². The van der Waals surface area contributed by atoms with Crippen molar-refractivity contribution >= 4 is 32.8 Å². The fourth-order valence-electron chi connectivity index (χ4n) is 6.38. The second-order valence-electron chi connectivity index (χ2n) is 11.5. The van der Waals surface area contributed by atoms with Crippen molar-refractivity contribution in [1.82, 2.24) is 19.9 Å². The first-order chi connectivity index (χ1) is 23.3. The number of nitrogens with zero attached hydrogens (tertiary/aromatic N) is 4. The van der Waals surface area contributed by atoms with Crippen LogP contribution in [-0.4, -0.2) is 19.9 Å². The van der Waals surface area contributed by atoms with Crippen molar-refractivity contribution in [3.05, 3.63) is 158 Å². The predicted molar refractivity (Wildman–Crippen MR) is 190 cm³/mol. The van der Waals surface area contributed by atoms with Gasteiger partial charge in [0.1, 0.15) is 11.1 Å². The normalized spacial score (nSPS) is 11.4. The summed E-state index contributed by atoms with van der Waals surface area (Å²) >= 11 is 0. The van der Waals surface area contributed by atoms with Crippen LogP contribution in [0.25, 0.3) is 89.3 Å². The molecule has 47 heavy (non-hydrogen) atoms. The molecule has 0 aliphatic rings. The fourth-order valence-corrected chi connectivity index (χ4v) is 6.38. The van der Waals surface area contributed by atoms with Crippen LogP contribution in [0.4, 0.5) is 0 Å². The van der Waals surface area contributed by atoms with Gasteiger partial charge < -0.3 is 4.42 Å². The molecule has 0 spiro atoms. The number of rotatable bonds is 5. The summed E-state index contributed by atoms with van der Waals surface area (Å²) in [6.45, 7) is 0. The van der Waals surface area contributed by atoms with Gasteiger partial charge in [0.05, 0.1) is 5.39 Å². The van der Waals surface area contributed by atoms with Gasteiger partial charge in [-0.25, -0.2) is 15.0 Å². The first kappa shape index (κ1) is 26.9. The van der Waals surface area contributed by atoms with Gasteiger partial charge >= 0.3 is 0 Å². The van der Waals surface area contributed by atoms with Crippen LogP contribution in [0.5, 0.6) is 0 Å². The van der Waals surface area contributed by atoms with E-state index in [9.17, 15) is 0 Å². The summed E-state index contributed by atoms with van der Waals surface area (Å²) in [4.78, 5) is 19.5. The van der Waals surface area contributed by atoms with Crippen LogP contribution >= 0.6 is 0 Å². The maximum Gasteiger partial charge on any atom is 0.164 e. The molecule has 0 radical (unpaired) electrons. The summed E-state index contributed by atoms with van der Waals surface area (Å²) < 4.78 is 6.09. The van der Waals surface area contributed by atoms with E-state index in [1.807, 2.05) is 91.1 Å². The summed E-state index contributed by atoms with van der Waals surface area (Å²) in [5.74, 6) is 1.94. The molecule has 0 fully saturated rings. The standard InChI is InChI=1S/C42H26N4O/c1-3-11-29(12-4-1)40-44-41(30-13-5-2-6-14-30)46-42(45-40)35-25-24-31(33-15-7-8-16-34(33)35)27-20-22-28(23-21-27)32-17-9-18-36-38(32)39-37(47-36)19-10-26-43-39/h1-26H. The Morgan fingerprint density at radius 3 is 1.60 bits per heavy atom. The highest BCUT2D eigenvalue weighted by Crippen LogP contribution is 2.39. The largest absolute Gasteiger partial charge is 0.454 e. The van der Waals surface area contributed by atoms with Crippen molar-refractivity contribution in [2.24, 2.45) is 0 Å². The van der Waals surface area contributed by atoms with E-state index in [2.05, 4.69) is 71.7 Å². The Labute approximate surface area is 270 Å². The number of hydrogen-bond acceptors (Lipinski definition) is 5. The summed E-state index contributed by atoms with van der Waals surface area (Å²) in [5.41, 5.74) is 9.86. The van der Waals surface area contributed by atoms with Gasteiger partial charge in [-0.1, -0.05) is 127 Å². The number of benzene rings is 6. The molecule has 0 aliphatic carbocycles. The number of aromatic nitrogens is 4. The molecule has 220 valence electrons. The Hall–Kier alpha value is -6.46. The maximum absolute atomic E-state index is 6.09. The highest BCUT2D eigenvalue weighted by molar-refractivity contribution is 6.10. The van der Waals surface area contributed by atoms with Gasteiger partial charge in [0, 0.05) is 22.9 Å². The van der Waals surface area contributed by atoms with E-state index in [1.165, 1.54) is 0 Å². The Morgan fingerprint density at radius 1 is 0.362 bits per heavy atom. The second kappa shape index (κ2) is 11.2. The minimum absolute atomic E-state index is 0.643. The minimum Gasteiger partial charge on any atom is -0.454 e. The monoisotopic (exact) mass is 602 g/mol. The summed E-state index contributed by atoms with van der Waals surface area (Å²) in [7, 11) is 0. The third kappa shape index (κ3) is 4.73. The molecule has 5 heteroatoms. The molecule has 0 amide bonds. The van der Waals surface area contributed by atoms with Gasteiger partial charge in [0.25, 0.3) is 0 Å². The molecule has 0 N–H and O–H groups in total. The average Bonchev–Trinajstić information content (AvgIpc) is 3.54. The van der Waals surface area contributed by atoms with Crippen LogP contribution < -0.4 is 0 Å². The minimum atomic E-state index is 0.643. The number of hydrogen-bond donors (Lipinski definition) is 0. The van der Waals surface area contributed by atoms with Gasteiger partial charge in [-0.2, -0.15) is 0 Å². The van der Waals surface area contributed by atoms with Crippen LogP contribution in [-0.2, 0) is 0 Å². The van der Waals surface area contributed by atoms with Crippen molar-refractivity contribution in [2.75, 3.05) is 0 Å². The predicted octanol–water partition coefficient (Wildman–Crippen LogP) is 10.7. The molecule has 6 aromatic carbocycles. The van der Waals surface area contributed by atoms with Crippen molar-refractivity contribution < 1.29 is 4.42 Å². The lowest BCUT2D eigenvalue weighted by Crippen LogP contribution is -2.00. The molecule has 5 nitrogen and oxygen atoms in total. The Balaban J connectivity index is 1.16. The van der Waals surface area contributed by atoms with Crippen LogP contribution in [0.3, 0.4) is 0 Å². The fraction of sp³-hybridized carbons (Fsp3) is 0. The summed E-state index contributed by atoms with van der Waals surface area (Å²) in [6.07, 6.45) is 1.81. The average molecular weight is 603 g/mol. The molecule has 3 aromatic heterocycles. The molecule has 0 aliphatic heterocycles. The van der Waals surface area contributed by atoms with E-state index in [-0.39, 0.29) is 0 Å². The highest BCUT2D eigenvalue weighted by Gasteiger charge is 2.17. The first-order valence-electron chi connectivity index (χ1n) is 15.6. The quantitative estimate of drug-likeness (QED) is 0.196. The van der Waals surface area contributed by atoms with Crippen molar-refractivity contribution in [3.63, 3.8) is 0 Å². The Kier molecular flexibility index (Phi) is 6.39. The highest BCUT2D eigenvalue weighted by atomic mass is 16.3. The molecule has 9 rings (SSSR count). The Bertz CT molecular complexity index is 2500. The SMILES string of the molecule is c1ccc(-c2nc(-c3ccccc3)nc(-c3ccc(-c4ccc(-c5cccc6oc7cccnc7c56)cc4)c4ccccc34)n2)cc1. The molecule has 0 saturated heterocycles. The van der Waals surface area contributed by atoms with E-state index in [4.69, 9.17) is 19.4 Å². The molecular weight excluding hydrogens is 576 g/mol. The van der Waals surface area contributed by atoms with Crippen LogP contribution in [0.2, 0.25) is 0 Å². The van der Waals surface area contributed by atoms with Crippen molar-refractivity contribution in [2.45, 2.75) is 0 Å². The maximum atomic E-state index is 6.09. The molecular formula is C42H26N4O. The van der Waals surface area contributed by atoms with E-state index < -0.39 is 0 Å². The van der Waals surface area contributed by atoms with Gasteiger partial charge in [-0.05, 0) is 57.3 Å². The molecule has 0 saturated carbocycles. The lowest BCUT2D eigenvalue weighted by atomic mass is 9.93. The van der Waals surface area contributed by atoms with E-state index in [0.717, 1.165) is 71.8 Å². The smallest absolute Gasteiger partial charge is 0.164 e. The molecule has 0 unspecified atom stereocenters. The van der Waals surface area contributed by atoms with Gasteiger partial charge in [-0.15, -0.1) is 0 Å². The van der Waals surface area contributed by atoms with Crippen molar-refractivity contribution in [1.29, 1.82) is 0 Å². The second-order valence-corrected chi connectivity index (χ2v) is 11.5. The zero-order valence-corrected chi connectivity index (χ0v) is 25.2. The molecule has 0 bridgehead atoms. The number of fused-ring (bicyclic) bond motifs is 4.